The molecule has 2 heterocycles. The number of carbonyl (C=O) groups excluding carboxylic acids is 1. The molecule has 0 saturated carbocycles. The fourth-order valence-corrected chi connectivity index (χ4v) is 2.41. The molecule has 26 heavy (non-hydrogen) atoms. The van der Waals surface area contributed by atoms with Crippen LogP contribution in [0.4, 0.5) is 0 Å². The second-order valence-corrected chi connectivity index (χ2v) is 6.75. The van der Waals surface area contributed by atoms with Gasteiger partial charge in [0.1, 0.15) is 0 Å². The van der Waals surface area contributed by atoms with Crippen molar-refractivity contribution in [3.05, 3.63) is 23.0 Å². The van der Waals surface area contributed by atoms with E-state index < -0.39 is 11.7 Å². The standard InChI is InChI=1S/C19H30N2O5/c1-5-7-9-23-17-15-13-25-19(3,4)24-12-14(15)11-20-16(17)18(22)21-26-10-8-6-2/h11H,5-10,12-13H2,1-4H3,(H,21,22). The minimum atomic E-state index is -0.703. The fourth-order valence-electron chi connectivity index (χ4n) is 2.41. The zero-order valence-electron chi connectivity index (χ0n) is 16.2. The average Bonchev–Trinajstić information content (AvgIpc) is 2.77. The first-order valence-electron chi connectivity index (χ1n) is 9.32. The van der Waals surface area contributed by atoms with E-state index in [9.17, 15) is 4.79 Å². The number of hydrogen-bond donors (Lipinski definition) is 1. The Morgan fingerprint density at radius 1 is 1.19 bits per heavy atom. The number of aromatic nitrogens is 1. The van der Waals surface area contributed by atoms with Gasteiger partial charge in [-0.1, -0.05) is 26.7 Å². The summed E-state index contributed by atoms with van der Waals surface area (Å²) in [6.45, 7) is 9.49. The molecule has 1 aromatic rings. The third-order valence-corrected chi connectivity index (χ3v) is 4.09. The van der Waals surface area contributed by atoms with E-state index in [2.05, 4.69) is 24.3 Å². The Bertz CT molecular complexity index is 604. The van der Waals surface area contributed by atoms with Gasteiger partial charge in [0.25, 0.3) is 5.91 Å². The summed E-state index contributed by atoms with van der Waals surface area (Å²) in [5, 5.41) is 0. The van der Waals surface area contributed by atoms with Crippen molar-refractivity contribution in [3.8, 4) is 5.75 Å². The maximum absolute atomic E-state index is 12.5. The van der Waals surface area contributed by atoms with E-state index in [0.717, 1.165) is 36.8 Å². The molecular weight excluding hydrogens is 336 g/mol. The molecule has 0 radical (unpaired) electrons. The number of amides is 1. The number of rotatable bonds is 9. The van der Waals surface area contributed by atoms with Crippen LogP contribution in [0.5, 0.6) is 5.75 Å². The van der Waals surface area contributed by atoms with Crippen LogP contribution in [-0.4, -0.2) is 29.9 Å². The minimum Gasteiger partial charge on any atom is -0.491 e. The van der Waals surface area contributed by atoms with Gasteiger partial charge in [-0.2, -0.15) is 0 Å². The van der Waals surface area contributed by atoms with E-state index in [1.807, 2.05) is 13.8 Å². The maximum Gasteiger partial charge on any atom is 0.297 e. The number of fused-ring (bicyclic) bond motifs is 1. The zero-order chi connectivity index (χ0) is 19.0. The van der Waals surface area contributed by atoms with E-state index in [0.29, 0.717) is 32.2 Å². The lowest BCUT2D eigenvalue weighted by atomic mass is 10.1. The summed E-state index contributed by atoms with van der Waals surface area (Å²) in [4.78, 5) is 22.0. The number of nitrogens with zero attached hydrogens (tertiary/aromatic N) is 1. The molecule has 0 spiro atoms. The largest absolute Gasteiger partial charge is 0.491 e. The van der Waals surface area contributed by atoms with E-state index in [-0.39, 0.29) is 5.69 Å². The van der Waals surface area contributed by atoms with Crippen molar-refractivity contribution < 1.29 is 23.8 Å². The van der Waals surface area contributed by atoms with E-state index in [1.165, 1.54) is 0 Å². The second-order valence-electron chi connectivity index (χ2n) is 6.75. The van der Waals surface area contributed by atoms with E-state index in [1.54, 1.807) is 6.20 Å². The molecule has 0 unspecified atom stereocenters. The van der Waals surface area contributed by atoms with Gasteiger partial charge >= 0.3 is 0 Å². The molecule has 7 heteroatoms. The Kier molecular flexibility index (Phi) is 7.81. The molecule has 0 saturated heterocycles. The van der Waals surface area contributed by atoms with Crippen molar-refractivity contribution >= 4 is 5.91 Å². The summed E-state index contributed by atoms with van der Waals surface area (Å²) < 4.78 is 17.5. The normalized spacial score (nSPS) is 15.8. The molecule has 0 fully saturated rings. The Morgan fingerprint density at radius 2 is 1.88 bits per heavy atom. The lowest BCUT2D eigenvalue weighted by Gasteiger charge is -2.22. The molecule has 0 bridgehead atoms. The number of unbranched alkanes of at least 4 members (excludes halogenated alkanes) is 2. The first kappa shape index (κ1) is 20.6. The quantitative estimate of drug-likeness (QED) is 0.532. The molecule has 1 aliphatic rings. The molecule has 2 rings (SSSR count). The highest BCUT2D eigenvalue weighted by Gasteiger charge is 2.29. The van der Waals surface area contributed by atoms with Gasteiger partial charge in [0.05, 0.1) is 26.4 Å². The topological polar surface area (TPSA) is 78.9 Å². The molecule has 146 valence electrons. The van der Waals surface area contributed by atoms with Crippen molar-refractivity contribution in [1.29, 1.82) is 0 Å². The highest BCUT2D eigenvalue weighted by molar-refractivity contribution is 5.94. The van der Waals surface area contributed by atoms with Crippen molar-refractivity contribution in [1.82, 2.24) is 10.5 Å². The average molecular weight is 366 g/mol. The first-order valence-corrected chi connectivity index (χ1v) is 9.32. The van der Waals surface area contributed by atoms with Crippen LogP contribution < -0.4 is 10.2 Å². The highest BCUT2D eigenvalue weighted by atomic mass is 16.7. The van der Waals surface area contributed by atoms with E-state index >= 15 is 0 Å². The van der Waals surface area contributed by atoms with Crippen LogP contribution >= 0.6 is 0 Å². The van der Waals surface area contributed by atoms with Crippen LogP contribution in [0.1, 0.15) is 75.0 Å². The van der Waals surface area contributed by atoms with Crippen molar-refractivity contribution in [2.45, 2.75) is 72.4 Å². The molecular formula is C19H30N2O5. The van der Waals surface area contributed by atoms with Crippen LogP contribution in [0.15, 0.2) is 6.20 Å². The summed E-state index contributed by atoms with van der Waals surface area (Å²) in [7, 11) is 0. The lowest BCUT2D eigenvalue weighted by molar-refractivity contribution is -0.219. The number of hydroxylamine groups is 1. The lowest BCUT2D eigenvalue weighted by Crippen LogP contribution is -2.26. The van der Waals surface area contributed by atoms with Gasteiger partial charge in [-0.25, -0.2) is 10.5 Å². The number of nitrogens with one attached hydrogen (secondary N) is 1. The zero-order valence-corrected chi connectivity index (χ0v) is 16.2. The number of hydrogen-bond acceptors (Lipinski definition) is 6. The molecule has 0 atom stereocenters. The van der Waals surface area contributed by atoms with Crippen molar-refractivity contribution in [2.75, 3.05) is 13.2 Å². The minimum absolute atomic E-state index is 0.208. The third kappa shape index (κ3) is 5.65. The predicted molar refractivity (Wildman–Crippen MR) is 96.6 cm³/mol. The molecule has 7 nitrogen and oxygen atoms in total. The Hall–Kier alpha value is -1.70. The van der Waals surface area contributed by atoms with E-state index in [4.69, 9.17) is 19.0 Å². The number of ether oxygens (including phenoxy) is 3. The van der Waals surface area contributed by atoms with Gasteiger partial charge < -0.3 is 14.2 Å². The number of carbonyl (C=O) groups is 1. The second kappa shape index (κ2) is 9.85. The SMILES string of the molecule is CCCCONC(=O)c1ncc2c(c1OCCCC)COC(C)(C)OC2. The maximum atomic E-state index is 12.5. The molecule has 1 aromatic heterocycles. The van der Waals surface area contributed by atoms with Crippen LogP contribution in [0.25, 0.3) is 0 Å². The molecule has 1 amide bonds. The first-order chi connectivity index (χ1) is 12.5. The van der Waals surface area contributed by atoms with Crippen molar-refractivity contribution in [3.63, 3.8) is 0 Å². The van der Waals surface area contributed by atoms with Gasteiger partial charge in [-0.05, 0) is 26.7 Å². The van der Waals surface area contributed by atoms with Crippen LogP contribution in [-0.2, 0) is 27.5 Å². The third-order valence-electron chi connectivity index (χ3n) is 4.09. The summed E-state index contributed by atoms with van der Waals surface area (Å²) in [5.74, 6) is -0.667. The summed E-state index contributed by atoms with van der Waals surface area (Å²) in [5.41, 5.74) is 4.33. The Morgan fingerprint density at radius 3 is 2.62 bits per heavy atom. The van der Waals surface area contributed by atoms with Gasteiger partial charge in [0.2, 0.25) is 0 Å². The monoisotopic (exact) mass is 366 g/mol. The van der Waals surface area contributed by atoms with Crippen LogP contribution in [0.2, 0.25) is 0 Å². The molecule has 1 N–H and O–H groups in total. The smallest absolute Gasteiger partial charge is 0.297 e. The predicted octanol–water partition coefficient (Wildman–Crippen LogP) is 3.50. The summed E-state index contributed by atoms with van der Waals surface area (Å²) in [6.07, 6.45) is 5.40. The summed E-state index contributed by atoms with van der Waals surface area (Å²) in [6, 6.07) is 0. The van der Waals surface area contributed by atoms with Gasteiger partial charge in [0, 0.05) is 17.3 Å². The summed E-state index contributed by atoms with van der Waals surface area (Å²) >= 11 is 0. The van der Waals surface area contributed by atoms with Crippen LogP contribution in [0, 0.1) is 0 Å². The fraction of sp³-hybridized carbons (Fsp3) is 0.684. The Balaban J connectivity index is 2.24. The van der Waals surface area contributed by atoms with Gasteiger partial charge in [0.15, 0.2) is 17.2 Å². The molecule has 0 aromatic carbocycles. The van der Waals surface area contributed by atoms with Crippen molar-refractivity contribution in [2.24, 2.45) is 0 Å². The van der Waals surface area contributed by atoms with Gasteiger partial charge in [-0.3, -0.25) is 9.63 Å². The molecule has 1 aliphatic heterocycles. The number of pyridine rings is 1. The molecule has 0 aliphatic carbocycles. The Labute approximate surface area is 155 Å². The van der Waals surface area contributed by atoms with Crippen LogP contribution in [0.3, 0.4) is 0 Å². The van der Waals surface area contributed by atoms with Gasteiger partial charge in [-0.15, -0.1) is 0 Å². The highest BCUT2D eigenvalue weighted by Crippen LogP contribution is 2.32.